The minimum Gasteiger partial charge on any atom is -0.483 e. The highest BCUT2D eigenvalue weighted by Gasteiger charge is 2.15. The van der Waals surface area contributed by atoms with Crippen LogP contribution < -0.4 is 15.4 Å². The van der Waals surface area contributed by atoms with E-state index in [1.807, 2.05) is 66.9 Å². The number of thioether (sulfide) groups is 1. The van der Waals surface area contributed by atoms with Gasteiger partial charge in [0.15, 0.2) is 17.6 Å². The third-order valence-corrected chi connectivity index (χ3v) is 6.06. The number of nitrogens with one attached hydrogen (secondary N) is 2. The summed E-state index contributed by atoms with van der Waals surface area (Å²) >= 11 is 1.31. The number of hydrogen-bond acceptors (Lipinski definition) is 6. The second-order valence-electron chi connectivity index (χ2n) is 8.11. The number of hydrogen-bond donors (Lipinski definition) is 2. The van der Waals surface area contributed by atoms with E-state index in [2.05, 4.69) is 34.7 Å². The van der Waals surface area contributed by atoms with Crippen LogP contribution in [0.2, 0.25) is 0 Å². The van der Waals surface area contributed by atoms with Crippen molar-refractivity contribution >= 4 is 29.3 Å². The molecule has 9 heteroatoms. The van der Waals surface area contributed by atoms with Gasteiger partial charge in [-0.15, -0.1) is 10.2 Å². The van der Waals surface area contributed by atoms with Crippen molar-refractivity contribution < 1.29 is 14.3 Å². The monoisotopic (exact) mass is 481 g/mol. The van der Waals surface area contributed by atoms with Crippen molar-refractivity contribution in [3.05, 3.63) is 65.5 Å². The summed E-state index contributed by atoms with van der Waals surface area (Å²) in [5.41, 5.74) is 2.90. The zero-order valence-corrected chi connectivity index (χ0v) is 20.8. The van der Waals surface area contributed by atoms with Crippen LogP contribution >= 0.6 is 11.8 Å². The molecule has 2 aromatic carbocycles. The van der Waals surface area contributed by atoms with Gasteiger partial charge >= 0.3 is 0 Å². The first-order valence-electron chi connectivity index (χ1n) is 11.3. The van der Waals surface area contributed by atoms with E-state index in [-0.39, 0.29) is 30.7 Å². The fraction of sp³-hybridized carbons (Fsp3) is 0.360. The van der Waals surface area contributed by atoms with Crippen LogP contribution in [0.25, 0.3) is 0 Å². The summed E-state index contributed by atoms with van der Waals surface area (Å²) in [5.74, 6) is 1.51. The van der Waals surface area contributed by atoms with Gasteiger partial charge in [0, 0.05) is 12.2 Å². The summed E-state index contributed by atoms with van der Waals surface area (Å²) in [7, 11) is 0. The maximum Gasteiger partial charge on any atom is 0.258 e. The van der Waals surface area contributed by atoms with Crippen LogP contribution in [-0.2, 0) is 22.7 Å². The molecule has 1 aromatic heterocycles. The predicted octanol–water partition coefficient (Wildman–Crippen LogP) is 4.16. The molecule has 3 rings (SSSR count). The lowest BCUT2D eigenvalue weighted by Gasteiger charge is -2.15. The summed E-state index contributed by atoms with van der Waals surface area (Å²) < 4.78 is 7.69. The van der Waals surface area contributed by atoms with Gasteiger partial charge in [0.05, 0.1) is 12.3 Å². The van der Waals surface area contributed by atoms with Crippen molar-refractivity contribution in [1.82, 2.24) is 20.1 Å². The Labute approximate surface area is 204 Å². The molecule has 8 nitrogen and oxygen atoms in total. The zero-order chi connectivity index (χ0) is 24.5. The maximum atomic E-state index is 12.4. The van der Waals surface area contributed by atoms with E-state index in [0.717, 1.165) is 22.6 Å². The van der Waals surface area contributed by atoms with E-state index < -0.39 is 0 Å². The molecule has 0 aliphatic rings. The minimum absolute atomic E-state index is 0.0787. The fourth-order valence-electron chi connectivity index (χ4n) is 3.34. The standard InChI is InChI=1S/C25H31N5O3S/c1-5-30-22(28-29-25(30)34-16-24(32)27-19-9-7-6-8-10-19)14-26-23(31)15-33-21-13-18(4)11-12-20(21)17(2)3/h6-13,17H,5,14-16H2,1-4H3,(H,26,31)(H,27,32). The molecule has 2 amide bonds. The minimum atomic E-state index is -0.238. The Kier molecular flexibility index (Phi) is 9.09. The van der Waals surface area contributed by atoms with Crippen molar-refractivity contribution in [3.63, 3.8) is 0 Å². The molecule has 1 heterocycles. The van der Waals surface area contributed by atoms with E-state index >= 15 is 0 Å². The number of para-hydroxylation sites is 1. The highest BCUT2D eigenvalue weighted by Crippen LogP contribution is 2.27. The number of amides is 2. The third kappa shape index (κ3) is 7.08. The van der Waals surface area contributed by atoms with Crippen molar-refractivity contribution in [2.75, 3.05) is 17.7 Å². The Balaban J connectivity index is 1.51. The Morgan fingerprint density at radius 1 is 1.09 bits per heavy atom. The molecule has 34 heavy (non-hydrogen) atoms. The van der Waals surface area contributed by atoms with Crippen LogP contribution in [0.4, 0.5) is 5.69 Å². The van der Waals surface area contributed by atoms with Gasteiger partial charge in [0.25, 0.3) is 5.91 Å². The maximum absolute atomic E-state index is 12.4. The van der Waals surface area contributed by atoms with Crippen LogP contribution in [0.1, 0.15) is 43.6 Å². The van der Waals surface area contributed by atoms with Gasteiger partial charge in [-0.3, -0.25) is 9.59 Å². The van der Waals surface area contributed by atoms with Crippen LogP contribution in [-0.4, -0.2) is 38.9 Å². The lowest BCUT2D eigenvalue weighted by atomic mass is 10.0. The topological polar surface area (TPSA) is 98.1 Å². The van der Waals surface area contributed by atoms with Gasteiger partial charge < -0.3 is 19.9 Å². The van der Waals surface area contributed by atoms with E-state index in [9.17, 15) is 9.59 Å². The number of benzene rings is 2. The number of nitrogens with zero attached hydrogens (tertiary/aromatic N) is 3. The fourth-order valence-corrected chi connectivity index (χ4v) is 4.16. The Morgan fingerprint density at radius 2 is 1.85 bits per heavy atom. The Morgan fingerprint density at radius 3 is 2.56 bits per heavy atom. The molecule has 0 aliphatic carbocycles. The first-order valence-corrected chi connectivity index (χ1v) is 12.3. The first-order chi connectivity index (χ1) is 16.4. The number of aromatic nitrogens is 3. The van der Waals surface area contributed by atoms with E-state index in [1.54, 1.807) is 0 Å². The van der Waals surface area contributed by atoms with Crippen LogP contribution in [0.5, 0.6) is 5.75 Å². The molecule has 180 valence electrons. The summed E-state index contributed by atoms with van der Waals surface area (Å²) in [6.07, 6.45) is 0. The number of carbonyl (C=O) groups is 2. The molecule has 0 fully saturated rings. The number of anilines is 1. The molecule has 2 N–H and O–H groups in total. The van der Waals surface area contributed by atoms with Crippen molar-refractivity contribution in [1.29, 1.82) is 0 Å². The summed E-state index contributed by atoms with van der Waals surface area (Å²) in [4.78, 5) is 24.6. The van der Waals surface area contributed by atoms with Gasteiger partial charge in [-0.2, -0.15) is 0 Å². The highest BCUT2D eigenvalue weighted by molar-refractivity contribution is 7.99. The molecule has 0 spiro atoms. The number of aryl methyl sites for hydroxylation is 1. The molecule has 0 unspecified atom stereocenters. The van der Waals surface area contributed by atoms with Crippen molar-refractivity contribution in [3.8, 4) is 5.75 Å². The molecular formula is C25H31N5O3S. The SMILES string of the molecule is CCn1c(CNC(=O)COc2cc(C)ccc2C(C)C)nnc1SCC(=O)Nc1ccccc1. The van der Waals surface area contributed by atoms with Gasteiger partial charge in [0.1, 0.15) is 5.75 Å². The van der Waals surface area contributed by atoms with Gasteiger partial charge in [-0.05, 0) is 49.1 Å². The highest BCUT2D eigenvalue weighted by atomic mass is 32.2. The average Bonchev–Trinajstić information content (AvgIpc) is 3.22. The van der Waals surface area contributed by atoms with Gasteiger partial charge in [-0.25, -0.2) is 0 Å². The molecule has 0 radical (unpaired) electrons. The molecule has 3 aromatic rings. The largest absolute Gasteiger partial charge is 0.483 e. The first kappa shape index (κ1) is 25.3. The van der Waals surface area contributed by atoms with E-state index in [0.29, 0.717) is 23.4 Å². The number of ether oxygens (including phenoxy) is 1. The third-order valence-electron chi connectivity index (χ3n) is 5.09. The Hall–Kier alpha value is -3.33. The smallest absolute Gasteiger partial charge is 0.258 e. The van der Waals surface area contributed by atoms with E-state index in [1.165, 1.54) is 11.8 Å². The van der Waals surface area contributed by atoms with Gasteiger partial charge in [-0.1, -0.05) is 55.9 Å². The molecule has 0 atom stereocenters. The molecule has 0 saturated carbocycles. The van der Waals surface area contributed by atoms with Crippen molar-refractivity contribution in [2.24, 2.45) is 0 Å². The van der Waals surface area contributed by atoms with E-state index in [4.69, 9.17) is 4.74 Å². The quantitative estimate of drug-likeness (QED) is 0.399. The lowest BCUT2D eigenvalue weighted by molar-refractivity contribution is -0.123. The van der Waals surface area contributed by atoms with Crippen molar-refractivity contribution in [2.45, 2.75) is 51.9 Å². The molecular weight excluding hydrogens is 450 g/mol. The van der Waals surface area contributed by atoms with Gasteiger partial charge in [0.2, 0.25) is 5.91 Å². The molecule has 0 saturated heterocycles. The molecule has 0 bridgehead atoms. The number of rotatable bonds is 11. The predicted molar refractivity (Wildman–Crippen MR) is 134 cm³/mol. The van der Waals surface area contributed by atoms with Crippen LogP contribution in [0.3, 0.4) is 0 Å². The lowest BCUT2D eigenvalue weighted by Crippen LogP contribution is -2.29. The second-order valence-corrected chi connectivity index (χ2v) is 9.05. The molecule has 0 aliphatic heterocycles. The second kappa shape index (κ2) is 12.2. The summed E-state index contributed by atoms with van der Waals surface area (Å²) in [6.45, 7) is 8.92. The Bertz CT molecular complexity index is 1110. The average molecular weight is 482 g/mol. The zero-order valence-electron chi connectivity index (χ0n) is 20.0. The van der Waals surface area contributed by atoms with Crippen LogP contribution in [0.15, 0.2) is 53.7 Å². The van der Waals surface area contributed by atoms with Crippen LogP contribution in [0, 0.1) is 6.92 Å². The number of carbonyl (C=O) groups excluding carboxylic acids is 2. The summed E-state index contributed by atoms with van der Waals surface area (Å²) in [6, 6.07) is 15.3. The summed E-state index contributed by atoms with van der Waals surface area (Å²) in [5, 5.41) is 14.7. The normalized spacial score (nSPS) is 10.9.